The van der Waals surface area contributed by atoms with Gasteiger partial charge in [0.05, 0.1) is 6.54 Å². The zero-order valence-corrected chi connectivity index (χ0v) is 17.8. The summed E-state index contributed by atoms with van der Waals surface area (Å²) in [4.78, 5) is 38.4. The van der Waals surface area contributed by atoms with Crippen molar-refractivity contribution in [2.75, 3.05) is 23.7 Å². The van der Waals surface area contributed by atoms with Gasteiger partial charge in [-0.25, -0.2) is 0 Å². The molecule has 1 fully saturated rings. The molecule has 0 heterocycles. The largest absolute Gasteiger partial charge is 0.326 e. The highest BCUT2D eigenvalue weighted by molar-refractivity contribution is 5.96. The van der Waals surface area contributed by atoms with Gasteiger partial charge < -0.3 is 10.6 Å². The number of benzene rings is 2. The van der Waals surface area contributed by atoms with E-state index in [1.807, 2.05) is 32.0 Å². The number of rotatable bonds is 9. The monoisotopic (exact) mass is 407 g/mol. The van der Waals surface area contributed by atoms with E-state index in [0.717, 1.165) is 29.7 Å². The highest BCUT2D eigenvalue weighted by Gasteiger charge is 2.30. The van der Waals surface area contributed by atoms with Gasteiger partial charge in [0.2, 0.25) is 11.8 Å². The molecule has 6 heteroatoms. The zero-order chi connectivity index (χ0) is 21.7. The Labute approximate surface area is 177 Å². The van der Waals surface area contributed by atoms with Gasteiger partial charge in [0.25, 0.3) is 0 Å². The molecule has 6 nitrogen and oxygen atoms in total. The Kier molecular flexibility index (Phi) is 7.00. The van der Waals surface area contributed by atoms with Crippen LogP contribution in [0.15, 0.2) is 42.5 Å². The summed E-state index contributed by atoms with van der Waals surface area (Å²) in [5.41, 5.74) is 4.22. The number of hydrogen-bond donors (Lipinski definition) is 2. The summed E-state index contributed by atoms with van der Waals surface area (Å²) in [7, 11) is 0. The number of anilines is 2. The molecule has 30 heavy (non-hydrogen) atoms. The summed E-state index contributed by atoms with van der Waals surface area (Å²) in [6.07, 6.45) is 2.43. The average molecular weight is 408 g/mol. The van der Waals surface area contributed by atoms with Crippen molar-refractivity contribution >= 4 is 29.0 Å². The molecule has 2 aromatic rings. The Morgan fingerprint density at radius 1 is 0.933 bits per heavy atom. The molecule has 1 aliphatic rings. The zero-order valence-electron chi connectivity index (χ0n) is 17.8. The van der Waals surface area contributed by atoms with E-state index in [0.29, 0.717) is 30.3 Å². The fourth-order valence-corrected chi connectivity index (χ4v) is 3.46. The molecule has 0 bridgehead atoms. The molecule has 1 aliphatic carbocycles. The van der Waals surface area contributed by atoms with Crippen LogP contribution in [-0.2, 0) is 9.59 Å². The van der Waals surface area contributed by atoms with E-state index in [-0.39, 0.29) is 24.1 Å². The summed E-state index contributed by atoms with van der Waals surface area (Å²) in [6, 6.07) is 13.2. The molecule has 0 unspecified atom stereocenters. The number of para-hydroxylation sites is 1. The number of nitrogens with one attached hydrogen (secondary N) is 2. The first-order chi connectivity index (χ1) is 14.3. The molecule has 0 atom stereocenters. The lowest BCUT2D eigenvalue weighted by Crippen LogP contribution is -2.37. The normalized spacial score (nSPS) is 13.2. The second-order valence-corrected chi connectivity index (χ2v) is 7.95. The van der Waals surface area contributed by atoms with Crippen LogP contribution in [-0.4, -0.2) is 41.6 Å². The first kappa shape index (κ1) is 21.7. The Balaban J connectivity index is 1.51. The van der Waals surface area contributed by atoms with E-state index in [2.05, 4.69) is 15.5 Å². The smallest absolute Gasteiger partial charge is 0.238 e. The third-order valence-electron chi connectivity index (χ3n) is 5.36. The van der Waals surface area contributed by atoms with Gasteiger partial charge in [0.1, 0.15) is 0 Å². The summed E-state index contributed by atoms with van der Waals surface area (Å²) in [5.74, 6) is -0.168. The second-order valence-electron chi connectivity index (χ2n) is 7.95. The number of ketones is 1. The molecule has 158 valence electrons. The molecular weight excluding hydrogens is 378 g/mol. The SMILES string of the molecule is CC(=O)c1ccc(NC(=O)CCN(CC(=O)Nc2c(C)cccc2C)C2CC2)cc1. The van der Waals surface area contributed by atoms with Crippen LogP contribution in [0.5, 0.6) is 0 Å². The van der Waals surface area contributed by atoms with E-state index in [1.54, 1.807) is 24.3 Å². The maximum Gasteiger partial charge on any atom is 0.238 e. The Morgan fingerprint density at radius 2 is 1.57 bits per heavy atom. The standard InChI is InChI=1S/C24H29N3O3/c1-16-5-4-6-17(2)24(16)26-23(30)15-27(21-11-12-21)14-13-22(29)25-20-9-7-19(8-10-20)18(3)28/h4-10,21H,11-15H2,1-3H3,(H,25,29)(H,26,30). The number of hydrogen-bond acceptors (Lipinski definition) is 4. The Bertz CT molecular complexity index is 913. The van der Waals surface area contributed by atoms with Gasteiger partial charge in [0, 0.05) is 35.9 Å². The summed E-state index contributed by atoms with van der Waals surface area (Å²) < 4.78 is 0. The highest BCUT2D eigenvalue weighted by atomic mass is 16.2. The van der Waals surface area contributed by atoms with Gasteiger partial charge in [-0.1, -0.05) is 18.2 Å². The van der Waals surface area contributed by atoms with Crippen molar-refractivity contribution in [2.45, 2.75) is 46.1 Å². The maximum atomic E-state index is 12.6. The molecule has 0 aromatic heterocycles. The summed E-state index contributed by atoms with van der Waals surface area (Å²) in [5, 5.41) is 5.88. The van der Waals surface area contributed by atoms with Crippen molar-refractivity contribution in [2.24, 2.45) is 0 Å². The second kappa shape index (κ2) is 9.67. The highest BCUT2D eigenvalue weighted by Crippen LogP contribution is 2.27. The van der Waals surface area contributed by atoms with Crippen molar-refractivity contribution < 1.29 is 14.4 Å². The fraction of sp³-hybridized carbons (Fsp3) is 0.375. The molecule has 0 spiro atoms. The third kappa shape index (κ3) is 6.00. The van der Waals surface area contributed by atoms with Crippen molar-refractivity contribution in [3.63, 3.8) is 0 Å². The molecule has 0 saturated heterocycles. The Morgan fingerprint density at radius 3 is 2.13 bits per heavy atom. The molecule has 0 aliphatic heterocycles. The van der Waals surface area contributed by atoms with E-state index >= 15 is 0 Å². The van der Waals surface area contributed by atoms with E-state index < -0.39 is 0 Å². The first-order valence-corrected chi connectivity index (χ1v) is 10.3. The summed E-state index contributed by atoms with van der Waals surface area (Å²) >= 11 is 0. The molecular formula is C24H29N3O3. The van der Waals surface area contributed by atoms with Crippen LogP contribution < -0.4 is 10.6 Å². The summed E-state index contributed by atoms with van der Waals surface area (Å²) in [6.45, 7) is 6.28. The molecule has 1 saturated carbocycles. The van der Waals surface area contributed by atoms with Gasteiger partial charge in [-0.3, -0.25) is 19.3 Å². The van der Waals surface area contributed by atoms with Crippen LogP contribution in [0.2, 0.25) is 0 Å². The fourth-order valence-electron chi connectivity index (χ4n) is 3.46. The lowest BCUT2D eigenvalue weighted by atomic mass is 10.1. The maximum absolute atomic E-state index is 12.6. The molecule has 2 aromatic carbocycles. The Hall–Kier alpha value is -2.99. The lowest BCUT2D eigenvalue weighted by Gasteiger charge is -2.22. The van der Waals surface area contributed by atoms with Gasteiger partial charge in [-0.05, 0) is 69.0 Å². The van der Waals surface area contributed by atoms with Crippen LogP contribution in [0.4, 0.5) is 11.4 Å². The van der Waals surface area contributed by atoms with Gasteiger partial charge >= 0.3 is 0 Å². The van der Waals surface area contributed by atoms with E-state index in [1.165, 1.54) is 6.92 Å². The molecule has 0 radical (unpaired) electrons. The van der Waals surface area contributed by atoms with Crippen molar-refractivity contribution in [1.82, 2.24) is 4.90 Å². The van der Waals surface area contributed by atoms with Gasteiger partial charge in [0.15, 0.2) is 5.78 Å². The average Bonchev–Trinajstić information content (AvgIpc) is 3.54. The van der Waals surface area contributed by atoms with Gasteiger partial charge in [-0.15, -0.1) is 0 Å². The molecule has 2 amide bonds. The van der Waals surface area contributed by atoms with Gasteiger partial charge in [-0.2, -0.15) is 0 Å². The molecule has 2 N–H and O–H groups in total. The number of aryl methyl sites for hydroxylation is 2. The molecule has 3 rings (SSSR count). The predicted molar refractivity (Wildman–Crippen MR) is 119 cm³/mol. The number of carbonyl (C=O) groups excluding carboxylic acids is 3. The van der Waals surface area contributed by atoms with Crippen molar-refractivity contribution in [3.8, 4) is 0 Å². The quantitative estimate of drug-likeness (QED) is 0.617. The van der Waals surface area contributed by atoms with E-state index in [9.17, 15) is 14.4 Å². The van der Waals surface area contributed by atoms with E-state index in [4.69, 9.17) is 0 Å². The van der Waals surface area contributed by atoms with Crippen LogP contribution >= 0.6 is 0 Å². The number of Topliss-reactive ketones (excluding diaryl/α,β-unsaturated/α-hetero) is 1. The predicted octanol–water partition coefficient (Wildman–Crippen LogP) is 3.94. The van der Waals surface area contributed by atoms with Crippen LogP contribution in [0, 0.1) is 13.8 Å². The lowest BCUT2D eigenvalue weighted by molar-refractivity contribution is -0.119. The van der Waals surface area contributed by atoms with Crippen LogP contribution in [0.3, 0.4) is 0 Å². The number of amides is 2. The third-order valence-corrected chi connectivity index (χ3v) is 5.36. The van der Waals surface area contributed by atoms with Crippen molar-refractivity contribution in [3.05, 3.63) is 59.2 Å². The number of nitrogens with zero attached hydrogens (tertiary/aromatic N) is 1. The van der Waals surface area contributed by atoms with Crippen molar-refractivity contribution in [1.29, 1.82) is 0 Å². The van der Waals surface area contributed by atoms with Crippen LogP contribution in [0.1, 0.15) is 47.7 Å². The number of carbonyl (C=O) groups is 3. The van der Waals surface area contributed by atoms with Crippen LogP contribution in [0.25, 0.3) is 0 Å². The minimum absolute atomic E-state index is 0.00730. The minimum Gasteiger partial charge on any atom is -0.326 e. The first-order valence-electron chi connectivity index (χ1n) is 10.3. The topological polar surface area (TPSA) is 78.5 Å². The minimum atomic E-state index is -0.105.